The molecule has 0 aliphatic carbocycles. The highest BCUT2D eigenvalue weighted by molar-refractivity contribution is 5.97. The number of nitrogens with one attached hydrogen (secondary N) is 1. The number of nitrogens with two attached hydrogens (primary N) is 3. The van der Waals surface area contributed by atoms with E-state index in [1.807, 2.05) is 0 Å². The zero-order valence-electron chi connectivity index (χ0n) is 16.0. The van der Waals surface area contributed by atoms with Crippen molar-refractivity contribution in [3.05, 3.63) is 35.9 Å². The van der Waals surface area contributed by atoms with Crippen LogP contribution in [-0.2, 0) is 14.4 Å². The highest BCUT2D eigenvalue weighted by atomic mass is 16.3. The van der Waals surface area contributed by atoms with Crippen LogP contribution in [0.2, 0.25) is 0 Å². The van der Waals surface area contributed by atoms with Gasteiger partial charge in [0.15, 0.2) is 5.78 Å². The van der Waals surface area contributed by atoms with Gasteiger partial charge in [0, 0.05) is 19.4 Å². The lowest BCUT2D eigenvalue weighted by Crippen LogP contribution is -2.50. The largest absolute Gasteiger partial charge is 0.391 e. The molecule has 8 N–H and O–H groups in total. The van der Waals surface area contributed by atoms with Crippen molar-refractivity contribution in [3.63, 3.8) is 0 Å². The van der Waals surface area contributed by atoms with Crippen molar-refractivity contribution in [2.24, 2.45) is 17.2 Å². The SMILES string of the molecule is C[C@H](N)C(=O)N1C[C@H](O)C[C@H]1C(=O)C(NC(=O)CCC(N)N)c1ccccc1. The van der Waals surface area contributed by atoms with Crippen LogP contribution in [0, 0.1) is 0 Å². The Morgan fingerprint density at radius 1 is 1.21 bits per heavy atom. The van der Waals surface area contributed by atoms with Crippen LogP contribution in [0.4, 0.5) is 0 Å². The van der Waals surface area contributed by atoms with E-state index in [-0.39, 0.29) is 37.5 Å². The number of nitrogens with zero attached hydrogens (tertiary/aromatic N) is 1. The Kier molecular flexibility index (Phi) is 7.64. The van der Waals surface area contributed by atoms with Crippen molar-refractivity contribution in [3.8, 4) is 0 Å². The molecule has 9 heteroatoms. The molecule has 1 fully saturated rings. The van der Waals surface area contributed by atoms with Gasteiger partial charge in [-0.05, 0) is 18.9 Å². The van der Waals surface area contributed by atoms with Crippen molar-refractivity contribution in [1.82, 2.24) is 10.2 Å². The third-order valence-corrected chi connectivity index (χ3v) is 4.71. The molecule has 2 amide bonds. The minimum Gasteiger partial charge on any atom is -0.391 e. The van der Waals surface area contributed by atoms with Crippen LogP contribution in [0.5, 0.6) is 0 Å². The highest BCUT2D eigenvalue weighted by Crippen LogP contribution is 2.26. The summed E-state index contributed by atoms with van der Waals surface area (Å²) in [6, 6.07) is 6.14. The summed E-state index contributed by atoms with van der Waals surface area (Å²) in [5, 5.41) is 12.7. The fraction of sp³-hybridized carbons (Fsp3) is 0.526. The lowest BCUT2D eigenvalue weighted by atomic mass is 9.95. The van der Waals surface area contributed by atoms with E-state index in [1.54, 1.807) is 30.3 Å². The molecule has 2 rings (SSSR count). The zero-order chi connectivity index (χ0) is 20.8. The number of hydrogen-bond donors (Lipinski definition) is 5. The molecule has 1 unspecified atom stereocenters. The minimum atomic E-state index is -0.957. The van der Waals surface area contributed by atoms with E-state index in [0.29, 0.717) is 5.56 Å². The first-order chi connectivity index (χ1) is 13.2. The van der Waals surface area contributed by atoms with E-state index in [4.69, 9.17) is 17.2 Å². The smallest absolute Gasteiger partial charge is 0.239 e. The van der Waals surface area contributed by atoms with Gasteiger partial charge in [0.1, 0.15) is 6.04 Å². The summed E-state index contributed by atoms with van der Waals surface area (Å²) in [5.41, 5.74) is 17.2. The van der Waals surface area contributed by atoms with E-state index in [2.05, 4.69) is 5.32 Å². The maximum absolute atomic E-state index is 13.3. The van der Waals surface area contributed by atoms with Gasteiger partial charge in [-0.2, -0.15) is 0 Å². The lowest BCUT2D eigenvalue weighted by Gasteiger charge is -2.28. The predicted octanol–water partition coefficient (Wildman–Crippen LogP) is -1.25. The molecular formula is C19H29N5O4. The molecule has 1 aromatic rings. The topological polar surface area (TPSA) is 165 Å². The van der Waals surface area contributed by atoms with E-state index < -0.39 is 36.3 Å². The Labute approximate surface area is 164 Å². The van der Waals surface area contributed by atoms with Gasteiger partial charge in [0.2, 0.25) is 11.8 Å². The van der Waals surface area contributed by atoms with Crippen molar-refractivity contribution in [1.29, 1.82) is 0 Å². The Balaban J connectivity index is 2.25. The number of likely N-dealkylation sites (tertiary alicyclic amines) is 1. The van der Waals surface area contributed by atoms with Crippen LogP contribution in [0.15, 0.2) is 30.3 Å². The molecule has 1 heterocycles. The number of carbonyl (C=O) groups is 3. The molecule has 0 radical (unpaired) electrons. The molecule has 4 atom stereocenters. The molecule has 0 bridgehead atoms. The van der Waals surface area contributed by atoms with E-state index in [1.165, 1.54) is 11.8 Å². The molecule has 1 aromatic carbocycles. The summed E-state index contributed by atoms with van der Waals surface area (Å²) in [5.74, 6) is -1.16. The van der Waals surface area contributed by atoms with Crippen LogP contribution in [0.1, 0.15) is 37.8 Å². The number of carbonyl (C=O) groups excluding carboxylic acids is 3. The van der Waals surface area contributed by atoms with Gasteiger partial charge >= 0.3 is 0 Å². The van der Waals surface area contributed by atoms with Crippen molar-refractivity contribution in [2.75, 3.05) is 6.54 Å². The van der Waals surface area contributed by atoms with Crippen molar-refractivity contribution in [2.45, 2.75) is 56.6 Å². The Morgan fingerprint density at radius 2 is 1.86 bits per heavy atom. The number of amides is 2. The monoisotopic (exact) mass is 391 g/mol. The van der Waals surface area contributed by atoms with Gasteiger partial charge in [-0.3, -0.25) is 14.4 Å². The molecule has 1 saturated heterocycles. The van der Waals surface area contributed by atoms with Gasteiger partial charge in [-0.25, -0.2) is 0 Å². The maximum Gasteiger partial charge on any atom is 0.239 e. The minimum absolute atomic E-state index is 0.0360. The standard InChI is InChI=1S/C19H29N5O4/c1-11(20)19(28)24-10-13(25)9-14(24)18(27)17(12-5-3-2-4-6-12)23-16(26)8-7-15(21)22/h2-6,11,13-15,17,25H,7-10,20-22H2,1H3,(H,23,26)/t11-,13+,14-,17?/m0/s1. The Morgan fingerprint density at radius 3 is 2.43 bits per heavy atom. The average molecular weight is 391 g/mol. The molecule has 0 aromatic heterocycles. The normalized spacial score (nSPS) is 21.4. The fourth-order valence-electron chi connectivity index (χ4n) is 3.28. The quantitative estimate of drug-likeness (QED) is 0.345. The number of β-amino-alcohol motifs (C(OH)–C–C–N with tert-alkyl or cyclic N) is 1. The molecule has 154 valence electrons. The second-order valence-corrected chi connectivity index (χ2v) is 7.20. The summed E-state index contributed by atoms with van der Waals surface area (Å²) in [7, 11) is 0. The Bertz CT molecular complexity index is 695. The number of rotatable bonds is 8. The number of hydrogen-bond acceptors (Lipinski definition) is 7. The van der Waals surface area contributed by atoms with Crippen molar-refractivity contribution < 1.29 is 19.5 Å². The summed E-state index contributed by atoms with van der Waals surface area (Å²) >= 11 is 0. The van der Waals surface area contributed by atoms with E-state index in [9.17, 15) is 19.5 Å². The highest BCUT2D eigenvalue weighted by Gasteiger charge is 2.42. The van der Waals surface area contributed by atoms with Gasteiger partial charge in [-0.1, -0.05) is 30.3 Å². The lowest BCUT2D eigenvalue weighted by molar-refractivity contribution is -0.139. The molecule has 28 heavy (non-hydrogen) atoms. The summed E-state index contributed by atoms with van der Waals surface area (Å²) < 4.78 is 0. The molecular weight excluding hydrogens is 362 g/mol. The first-order valence-electron chi connectivity index (χ1n) is 9.34. The van der Waals surface area contributed by atoms with Crippen LogP contribution >= 0.6 is 0 Å². The third kappa shape index (κ3) is 5.59. The Hall–Kier alpha value is -2.33. The average Bonchev–Trinajstić information content (AvgIpc) is 3.05. The summed E-state index contributed by atoms with van der Waals surface area (Å²) in [6.07, 6.45) is -0.993. The fourth-order valence-corrected chi connectivity index (χ4v) is 3.28. The van der Waals surface area contributed by atoms with Gasteiger partial charge in [0.25, 0.3) is 0 Å². The molecule has 9 nitrogen and oxygen atoms in total. The molecule has 0 saturated carbocycles. The van der Waals surface area contributed by atoms with Crippen LogP contribution < -0.4 is 22.5 Å². The number of Topliss-reactive ketones (excluding diaryl/α,β-unsaturated/α-hetero) is 1. The van der Waals surface area contributed by atoms with E-state index >= 15 is 0 Å². The third-order valence-electron chi connectivity index (χ3n) is 4.71. The van der Waals surface area contributed by atoms with Crippen LogP contribution in [-0.4, -0.2) is 58.5 Å². The maximum atomic E-state index is 13.3. The summed E-state index contributed by atoms with van der Waals surface area (Å²) in [4.78, 5) is 39.3. The second kappa shape index (κ2) is 9.74. The zero-order valence-corrected chi connectivity index (χ0v) is 16.0. The van der Waals surface area contributed by atoms with E-state index in [0.717, 1.165) is 0 Å². The van der Waals surface area contributed by atoms with Gasteiger partial charge < -0.3 is 32.5 Å². The molecule has 1 aliphatic rings. The van der Waals surface area contributed by atoms with Gasteiger partial charge in [0.05, 0.1) is 24.4 Å². The predicted molar refractivity (Wildman–Crippen MR) is 104 cm³/mol. The first kappa shape index (κ1) is 22.0. The molecule has 1 aliphatic heterocycles. The number of benzene rings is 1. The number of ketones is 1. The number of aliphatic hydroxyl groups excluding tert-OH is 1. The first-order valence-corrected chi connectivity index (χ1v) is 9.34. The van der Waals surface area contributed by atoms with Crippen LogP contribution in [0.25, 0.3) is 0 Å². The second-order valence-electron chi connectivity index (χ2n) is 7.20. The van der Waals surface area contributed by atoms with Gasteiger partial charge in [-0.15, -0.1) is 0 Å². The summed E-state index contributed by atoms with van der Waals surface area (Å²) in [6.45, 7) is 1.56. The molecule has 0 spiro atoms. The van der Waals surface area contributed by atoms with Crippen LogP contribution in [0.3, 0.4) is 0 Å². The number of aliphatic hydroxyl groups is 1. The van der Waals surface area contributed by atoms with Crippen molar-refractivity contribution >= 4 is 17.6 Å².